The minimum absolute atomic E-state index is 0.121. The van der Waals surface area contributed by atoms with Crippen molar-refractivity contribution in [1.29, 1.82) is 0 Å². The van der Waals surface area contributed by atoms with Crippen LogP contribution >= 0.6 is 23.5 Å². The zero-order chi connectivity index (χ0) is 19.7. The topological polar surface area (TPSA) is 166 Å². The largest absolute Gasteiger partial charge is 0.466 e. The second kappa shape index (κ2) is 11.7. The molecule has 0 saturated carbocycles. The zero-order valence-corrected chi connectivity index (χ0v) is 16.6. The van der Waals surface area contributed by atoms with Gasteiger partial charge in [-0.2, -0.15) is 20.2 Å². The first-order chi connectivity index (χ1) is 12.2. The van der Waals surface area contributed by atoms with E-state index in [0.29, 0.717) is 12.8 Å². The molecule has 0 spiro atoms. The molecule has 0 aliphatic carbocycles. The minimum Gasteiger partial charge on any atom is -0.394 e. The van der Waals surface area contributed by atoms with Crippen LogP contribution in [0.1, 0.15) is 25.7 Å². The highest BCUT2D eigenvalue weighted by Crippen LogP contribution is 2.30. The Morgan fingerprint density at radius 2 is 1.85 bits per heavy atom. The standard InChI is InChI=1S/C13H25NO9S3/c1-24-6-4-2-3-5-9(14-23-26(19,20)21)25-13-12(18)11(17)10(16)8(7-15)22-13/h8,10-13,15-18H,2-7H2,1H3,(H,19,20,21)/b14-9-/t8-,10-,11+,12-,13+/m0/s1. The van der Waals surface area contributed by atoms with Crippen molar-refractivity contribution in [3.63, 3.8) is 0 Å². The second-order valence-corrected chi connectivity index (χ2v) is 8.77. The third-order valence-electron chi connectivity index (χ3n) is 3.57. The number of aliphatic hydroxyl groups excluding tert-OH is 4. The van der Waals surface area contributed by atoms with E-state index in [1.54, 1.807) is 11.8 Å². The van der Waals surface area contributed by atoms with Gasteiger partial charge >= 0.3 is 10.4 Å². The smallest absolute Gasteiger partial charge is 0.394 e. The first-order valence-corrected chi connectivity index (χ1v) is 11.5. The number of aliphatic hydroxyl groups is 4. The molecule has 0 amide bonds. The van der Waals surface area contributed by atoms with Crippen LogP contribution in [-0.4, -0.2) is 86.9 Å². The molecule has 13 heteroatoms. The molecular weight excluding hydrogens is 410 g/mol. The summed E-state index contributed by atoms with van der Waals surface area (Å²) in [4.78, 5) is 0. The van der Waals surface area contributed by atoms with Gasteiger partial charge in [-0.1, -0.05) is 23.3 Å². The molecule has 0 radical (unpaired) electrons. The van der Waals surface area contributed by atoms with E-state index in [0.717, 1.165) is 30.4 Å². The third kappa shape index (κ3) is 8.27. The summed E-state index contributed by atoms with van der Waals surface area (Å²) in [6.07, 6.45) is -0.887. The Hall–Kier alpha value is -0.120. The van der Waals surface area contributed by atoms with Gasteiger partial charge in [0.25, 0.3) is 0 Å². The maximum absolute atomic E-state index is 10.7. The summed E-state index contributed by atoms with van der Waals surface area (Å²) >= 11 is 2.50. The number of nitrogens with zero attached hydrogens (tertiary/aromatic N) is 1. The van der Waals surface area contributed by atoms with Crippen LogP contribution < -0.4 is 0 Å². The van der Waals surface area contributed by atoms with Crippen LogP contribution in [0.5, 0.6) is 0 Å². The molecule has 1 aliphatic heterocycles. The fourth-order valence-electron chi connectivity index (χ4n) is 2.21. The highest BCUT2D eigenvalue weighted by Gasteiger charge is 2.44. The molecule has 26 heavy (non-hydrogen) atoms. The molecule has 0 unspecified atom stereocenters. The number of hydrogen-bond acceptors (Lipinski definition) is 11. The van der Waals surface area contributed by atoms with Crippen molar-refractivity contribution in [2.75, 3.05) is 18.6 Å². The van der Waals surface area contributed by atoms with Crippen molar-refractivity contribution in [2.45, 2.75) is 55.5 Å². The second-order valence-electron chi connectivity index (χ2n) is 5.61. The molecule has 5 atom stereocenters. The van der Waals surface area contributed by atoms with Gasteiger partial charge in [-0.05, 0) is 31.3 Å². The summed E-state index contributed by atoms with van der Waals surface area (Å²) in [5.41, 5.74) is -1.11. The Kier molecular flexibility index (Phi) is 10.7. The lowest BCUT2D eigenvalue weighted by molar-refractivity contribution is -0.205. The van der Waals surface area contributed by atoms with E-state index in [2.05, 4.69) is 9.44 Å². The molecule has 0 aromatic rings. The highest BCUT2D eigenvalue weighted by atomic mass is 32.3. The molecule has 0 aromatic heterocycles. The number of rotatable bonds is 10. The molecule has 0 aromatic carbocycles. The lowest BCUT2D eigenvalue weighted by Gasteiger charge is -2.39. The SMILES string of the molecule is CSCCCCC/C(=N/OS(=O)(=O)O)S[C@H]1O[C@@H](CO)[C@H](O)[C@@H](O)[C@@H]1O. The summed E-state index contributed by atoms with van der Waals surface area (Å²) in [6.45, 7) is -0.579. The van der Waals surface area contributed by atoms with Gasteiger partial charge in [-0.25, -0.2) is 4.28 Å². The van der Waals surface area contributed by atoms with Gasteiger partial charge in [0.2, 0.25) is 0 Å². The number of oxime groups is 1. The predicted octanol–water partition coefficient (Wildman–Crippen LogP) is -0.424. The van der Waals surface area contributed by atoms with Crippen LogP contribution in [0, 0.1) is 0 Å². The van der Waals surface area contributed by atoms with Gasteiger partial charge in [-0.15, -0.1) is 0 Å². The Morgan fingerprint density at radius 3 is 2.42 bits per heavy atom. The average molecular weight is 436 g/mol. The van der Waals surface area contributed by atoms with E-state index < -0.39 is 46.9 Å². The highest BCUT2D eigenvalue weighted by molar-refractivity contribution is 8.14. The quantitative estimate of drug-likeness (QED) is 0.0993. The van der Waals surface area contributed by atoms with Crippen molar-refractivity contribution in [2.24, 2.45) is 5.16 Å². The zero-order valence-electron chi connectivity index (χ0n) is 14.2. The van der Waals surface area contributed by atoms with E-state index in [1.807, 2.05) is 6.26 Å². The van der Waals surface area contributed by atoms with Gasteiger partial charge < -0.3 is 25.2 Å². The van der Waals surface area contributed by atoms with Crippen molar-refractivity contribution in [1.82, 2.24) is 0 Å². The molecule has 1 saturated heterocycles. The molecule has 1 rings (SSSR count). The van der Waals surface area contributed by atoms with Crippen molar-refractivity contribution >= 4 is 39.0 Å². The van der Waals surface area contributed by atoms with Gasteiger partial charge in [0.05, 0.1) is 6.61 Å². The summed E-state index contributed by atoms with van der Waals surface area (Å²) in [5.74, 6) is 0.980. The lowest BCUT2D eigenvalue weighted by Crippen LogP contribution is -2.57. The van der Waals surface area contributed by atoms with E-state index >= 15 is 0 Å². The predicted molar refractivity (Wildman–Crippen MR) is 98.3 cm³/mol. The number of unbranched alkanes of at least 4 members (excludes halogenated alkanes) is 2. The molecule has 5 N–H and O–H groups in total. The molecule has 1 aliphatic rings. The first-order valence-electron chi connectivity index (χ1n) is 7.88. The van der Waals surface area contributed by atoms with Gasteiger partial charge in [0.15, 0.2) is 0 Å². The van der Waals surface area contributed by atoms with E-state index in [4.69, 9.17) is 9.29 Å². The summed E-state index contributed by atoms with van der Waals surface area (Å²) in [5, 5.41) is 42.3. The van der Waals surface area contributed by atoms with Crippen LogP contribution in [0.4, 0.5) is 0 Å². The van der Waals surface area contributed by atoms with E-state index in [9.17, 15) is 28.8 Å². The summed E-state index contributed by atoms with van der Waals surface area (Å²) in [7, 11) is -4.78. The fourth-order valence-corrected chi connectivity index (χ4v) is 4.05. The minimum atomic E-state index is -4.78. The Balaban J connectivity index is 2.76. The van der Waals surface area contributed by atoms with Gasteiger partial charge in [0.1, 0.15) is 34.9 Å². The normalized spacial score (nSPS) is 30.4. The Morgan fingerprint density at radius 1 is 1.15 bits per heavy atom. The third-order valence-corrected chi connectivity index (χ3v) is 5.71. The fraction of sp³-hybridized carbons (Fsp3) is 0.923. The number of thioether (sulfide) groups is 2. The lowest BCUT2D eigenvalue weighted by atomic mass is 10.0. The molecule has 10 nitrogen and oxygen atoms in total. The van der Waals surface area contributed by atoms with Crippen LogP contribution in [0.25, 0.3) is 0 Å². The van der Waals surface area contributed by atoms with Crippen LogP contribution in [0.2, 0.25) is 0 Å². The van der Waals surface area contributed by atoms with E-state index in [1.165, 1.54) is 0 Å². The molecular formula is C13H25NO9S3. The van der Waals surface area contributed by atoms with Crippen molar-refractivity contribution in [3.8, 4) is 0 Å². The average Bonchev–Trinajstić information content (AvgIpc) is 2.58. The Labute approximate surface area is 160 Å². The van der Waals surface area contributed by atoms with Gasteiger partial charge in [0, 0.05) is 0 Å². The molecule has 1 fully saturated rings. The van der Waals surface area contributed by atoms with Crippen molar-refractivity contribution in [3.05, 3.63) is 0 Å². The monoisotopic (exact) mass is 435 g/mol. The first kappa shape index (κ1) is 23.9. The summed E-state index contributed by atoms with van der Waals surface area (Å²) < 4.78 is 39.5. The maximum atomic E-state index is 10.7. The van der Waals surface area contributed by atoms with Gasteiger partial charge in [-0.3, -0.25) is 4.55 Å². The number of ether oxygens (including phenoxy) is 1. The summed E-state index contributed by atoms with van der Waals surface area (Å²) in [6, 6.07) is 0. The maximum Gasteiger partial charge on any atom is 0.466 e. The molecule has 154 valence electrons. The number of hydrogen-bond donors (Lipinski definition) is 5. The van der Waals surface area contributed by atoms with E-state index in [-0.39, 0.29) is 5.04 Å². The van der Waals surface area contributed by atoms with Crippen LogP contribution in [0.15, 0.2) is 5.16 Å². The van der Waals surface area contributed by atoms with Crippen molar-refractivity contribution < 1.29 is 42.4 Å². The Bertz CT molecular complexity index is 543. The molecule has 1 heterocycles. The van der Waals surface area contributed by atoms with Crippen LogP contribution in [-0.2, 0) is 19.4 Å². The molecule has 0 bridgehead atoms. The van der Waals surface area contributed by atoms with Crippen LogP contribution in [0.3, 0.4) is 0 Å².